The monoisotopic (exact) mass is 494 g/mol. The van der Waals surface area contributed by atoms with E-state index in [1.165, 1.54) is 13.2 Å². The van der Waals surface area contributed by atoms with Gasteiger partial charge < -0.3 is 23.7 Å². The van der Waals surface area contributed by atoms with Crippen LogP contribution < -0.4 is 9.47 Å². The van der Waals surface area contributed by atoms with E-state index in [4.69, 9.17) is 23.7 Å². The number of carbonyl (C=O) groups excluding carboxylic acids is 2. The molecule has 0 spiro atoms. The van der Waals surface area contributed by atoms with E-state index in [0.717, 1.165) is 16.9 Å². The van der Waals surface area contributed by atoms with Crippen molar-refractivity contribution in [2.75, 3.05) is 21.0 Å². The molecule has 3 rings (SSSR count). The second-order valence-corrected chi connectivity index (χ2v) is 8.66. The maximum atomic E-state index is 13.1. The average molecular weight is 495 g/mol. The van der Waals surface area contributed by atoms with Crippen LogP contribution in [0.1, 0.15) is 53.2 Å². The van der Waals surface area contributed by atoms with E-state index >= 15 is 0 Å². The third-order valence-electron chi connectivity index (χ3n) is 5.69. The number of carbonyl (C=O) groups is 2. The zero-order valence-electron chi connectivity index (χ0n) is 21.3. The minimum atomic E-state index is -0.591. The Bertz CT molecular complexity index is 1090. The van der Waals surface area contributed by atoms with E-state index in [2.05, 4.69) is 0 Å². The first-order valence-corrected chi connectivity index (χ1v) is 12.0. The lowest BCUT2D eigenvalue weighted by Crippen LogP contribution is -2.23. The lowest BCUT2D eigenvalue weighted by Gasteiger charge is -2.18. The molecule has 0 fully saturated rings. The molecule has 0 bridgehead atoms. The maximum absolute atomic E-state index is 13.1. The molecule has 0 aromatic heterocycles. The Morgan fingerprint density at radius 1 is 1.03 bits per heavy atom. The summed E-state index contributed by atoms with van der Waals surface area (Å²) in [5.41, 5.74) is 2.93. The molecule has 0 saturated carbocycles. The van der Waals surface area contributed by atoms with Gasteiger partial charge in [0.15, 0.2) is 12.6 Å². The largest absolute Gasteiger partial charge is 0.497 e. The fourth-order valence-corrected chi connectivity index (χ4v) is 3.82. The van der Waals surface area contributed by atoms with Crippen molar-refractivity contribution in [3.63, 3.8) is 0 Å². The van der Waals surface area contributed by atoms with Gasteiger partial charge in [0.05, 0.1) is 13.7 Å². The van der Waals surface area contributed by atoms with E-state index in [9.17, 15) is 9.59 Å². The van der Waals surface area contributed by atoms with Crippen LogP contribution in [0.3, 0.4) is 0 Å². The molecule has 2 aromatic carbocycles. The molecule has 7 nitrogen and oxygen atoms in total. The van der Waals surface area contributed by atoms with Crippen molar-refractivity contribution in [3.05, 3.63) is 76.9 Å². The van der Waals surface area contributed by atoms with E-state index in [-0.39, 0.29) is 12.6 Å². The number of esters is 1. The van der Waals surface area contributed by atoms with Crippen LogP contribution in [0, 0.1) is 6.92 Å². The minimum absolute atomic E-state index is 0.0144. The van der Waals surface area contributed by atoms with Crippen LogP contribution >= 0.6 is 0 Å². The number of hydrogen-bond donors (Lipinski definition) is 0. The molecule has 0 amide bonds. The van der Waals surface area contributed by atoms with Gasteiger partial charge in [0, 0.05) is 13.5 Å². The Morgan fingerprint density at radius 3 is 2.53 bits per heavy atom. The molecule has 36 heavy (non-hydrogen) atoms. The molecule has 0 saturated heterocycles. The Balaban J connectivity index is 1.83. The maximum Gasteiger partial charge on any atom is 0.342 e. The summed E-state index contributed by atoms with van der Waals surface area (Å²) in [6, 6.07) is 11.3. The molecule has 1 aliphatic rings. The highest BCUT2D eigenvalue weighted by Crippen LogP contribution is 2.28. The van der Waals surface area contributed by atoms with Crippen molar-refractivity contribution in [1.29, 1.82) is 0 Å². The van der Waals surface area contributed by atoms with Crippen LogP contribution in [0.25, 0.3) is 6.08 Å². The SMILES string of the molecule is COCOc1cc(C)cc2c1C(=O)O[C@@H](C)C/C=C\C(=O)[C@@H](OCc1ccc(OC)cc1)CC/C=C/2. The molecule has 7 heteroatoms. The number of rotatable bonds is 7. The predicted molar refractivity (Wildman–Crippen MR) is 137 cm³/mol. The van der Waals surface area contributed by atoms with Crippen molar-refractivity contribution in [1.82, 2.24) is 0 Å². The van der Waals surface area contributed by atoms with Crippen molar-refractivity contribution >= 4 is 17.8 Å². The molecular formula is C29H34O7. The van der Waals surface area contributed by atoms with Gasteiger partial charge in [0.1, 0.15) is 29.3 Å². The van der Waals surface area contributed by atoms with Crippen LogP contribution in [-0.2, 0) is 25.6 Å². The molecule has 0 radical (unpaired) electrons. The molecule has 2 atom stereocenters. The first-order valence-electron chi connectivity index (χ1n) is 12.0. The summed E-state index contributed by atoms with van der Waals surface area (Å²) in [6.45, 7) is 4.05. The average Bonchev–Trinajstić information content (AvgIpc) is 2.86. The Morgan fingerprint density at radius 2 is 1.81 bits per heavy atom. The molecule has 0 unspecified atom stereocenters. The zero-order valence-corrected chi connectivity index (χ0v) is 21.3. The van der Waals surface area contributed by atoms with Gasteiger partial charge in [-0.1, -0.05) is 36.4 Å². The molecule has 1 aliphatic heterocycles. The molecule has 1 heterocycles. The fourth-order valence-electron chi connectivity index (χ4n) is 3.82. The van der Waals surface area contributed by atoms with Crippen LogP contribution in [-0.4, -0.2) is 45.0 Å². The summed E-state index contributed by atoms with van der Waals surface area (Å²) in [6.07, 6.45) is 7.50. The lowest BCUT2D eigenvalue weighted by atomic mass is 10.0. The topological polar surface area (TPSA) is 80.3 Å². The number of aryl methyl sites for hydroxylation is 1. The third kappa shape index (κ3) is 7.80. The van der Waals surface area contributed by atoms with Crippen molar-refractivity contribution in [2.45, 2.75) is 51.9 Å². The Hall–Kier alpha value is -3.42. The normalized spacial score (nSPS) is 20.6. The van der Waals surface area contributed by atoms with Crippen LogP contribution in [0.5, 0.6) is 11.5 Å². The summed E-state index contributed by atoms with van der Waals surface area (Å²) >= 11 is 0. The van der Waals surface area contributed by atoms with Gasteiger partial charge in [-0.3, -0.25) is 4.79 Å². The van der Waals surface area contributed by atoms with E-state index in [0.29, 0.717) is 42.7 Å². The minimum Gasteiger partial charge on any atom is -0.497 e. The molecule has 0 N–H and O–H groups in total. The first-order chi connectivity index (χ1) is 17.4. The van der Waals surface area contributed by atoms with Crippen molar-refractivity contribution < 1.29 is 33.3 Å². The van der Waals surface area contributed by atoms with E-state index in [1.54, 1.807) is 26.2 Å². The Kier molecular flexibility index (Phi) is 10.3. The summed E-state index contributed by atoms with van der Waals surface area (Å²) in [4.78, 5) is 25.9. The number of cyclic esters (lactones) is 1. The smallest absolute Gasteiger partial charge is 0.342 e. The van der Waals surface area contributed by atoms with E-state index < -0.39 is 18.2 Å². The van der Waals surface area contributed by atoms with Crippen LogP contribution in [0.2, 0.25) is 0 Å². The molecule has 0 aliphatic carbocycles. The van der Waals surface area contributed by atoms with E-state index in [1.807, 2.05) is 49.4 Å². The van der Waals surface area contributed by atoms with Crippen LogP contribution in [0.15, 0.2) is 54.6 Å². The lowest BCUT2D eigenvalue weighted by molar-refractivity contribution is -0.126. The third-order valence-corrected chi connectivity index (χ3v) is 5.69. The number of methoxy groups -OCH3 is 2. The summed E-state index contributed by atoms with van der Waals surface area (Å²) < 4.78 is 27.6. The van der Waals surface area contributed by atoms with Gasteiger partial charge in [-0.25, -0.2) is 4.79 Å². The van der Waals surface area contributed by atoms with Gasteiger partial charge in [0.25, 0.3) is 0 Å². The summed E-state index contributed by atoms with van der Waals surface area (Å²) in [5.74, 6) is 0.582. The predicted octanol–water partition coefficient (Wildman–Crippen LogP) is 5.44. The Labute approximate surface area is 212 Å². The number of ketones is 1. The summed E-state index contributed by atoms with van der Waals surface area (Å²) in [5, 5.41) is 0. The second kappa shape index (κ2) is 13.6. The number of benzene rings is 2. The summed E-state index contributed by atoms with van der Waals surface area (Å²) in [7, 11) is 3.14. The first kappa shape index (κ1) is 27.2. The van der Waals surface area contributed by atoms with Crippen LogP contribution in [0.4, 0.5) is 0 Å². The van der Waals surface area contributed by atoms with Gasteiger partial charge in [-0.15, -0.1) is 0 Å². The van der Waals surface area contributed by atoms with Crippen molar-refractivity contribution in [3.8, 4) is 11.5 Å². The number of fused-ring (bicyclic) bond motifs is 1. The van der Waals surface area contributed by atoms with Gasteiger partial charge in [-0.2, -0.15) is 0 Å². The van der Waals surface area contributed by atoms with Crippen molar-refractivity contribution in [2.24, 2.45) is 0 Å². The highest BCUT2D eigenvalue weighted by molar-refractivity contribution is 5.97. The van der Waals surface area contributed by atoms with Gasteiger partial charge >= 0.3 is 5.97 Å². The highest BCUT2D eigenvalue weighted by atomic mass is 16.7. The number of hydrogen-bond acceptors (Lipinski definition) is 7. The molecule has 192 valence electrons. The van der Waals surface area contributed by atoms with Gasteiger partial charge in [0.2, 0.25) is 0 Å². The highest BCUT2D eigenvalue weighted by Gasteiger charge is 2.22. The zero-order chi connectivity index (χ0) is 25.9. The van der Waals surface area contributed by atoms with Gasteiger partial charge in [-0.05, 0) is 67.7 Å². The second-order valence-electron chi connectivity index (χ2n) is 8.66. The number of ether oxygens (including phenoxy) is 5. The standard InChI is InChI=1S/C29H34O7/c1-20-16-23-9-5-6-11-26(34-18-22-12-14-24(33-4)15-13-22)25(30)10-7-8-21(2)36-29(31)28(23)27(17-20)35-19-32-3/h5,7,9-10,12-17,21,26H,6,8,11,18-19H2,1-4H3/b9-5+,10-7-/t21-,26-/m0/s1. The quantitative estimate of drug-likeness (QED) is 0.375. The molecular weight excluding hydrogens is 460 g/mol. The fraction of sp³-hybridized carbons (Fsp3) is 0.379. The molecule has 2 aromatic rings. The number of allylic oxidation sites excluding steroid dienone is 1.